The van der Waals surface area contributed by atoms with Crippen molar-refractivity contribution < 1.29 is 24.5 Å². The van der Waals surface area contributed by atoms with Crippen LogP contribution < -0.4 is 5.73 Å². The number of aromatic nitrogens is 3. The lowest BCUT2D eigenvalue weighted by Gasteiger charge is -2.24. The molecule has 0 radical (unpaired) electrons. The van der Waals surface area contributed by atoms with Crippen molar-refractivity contribution in [2.45, 2.75) is 50.7 Å². The van der Waals surface area contributed by atoms with Crippen molar-refractivity contribution in [2.75, 3.05) is 6.61 Å². The fraction of sp³-hybridized carbons (Fsp3) is 0.556. The Labute approximate surface area is 161 Å². The summed E-state index contributed by atoms with van der Waals surface area (Å²) in [5, 5.41) is 35.0. The number of hydrogen-bond donors (Lipinski definition) is 3. The smallest absolute Gasteiger partial charge is 0.323 e. The zero-order valence-electron chi connectivity index (χ0n) is 15.8. The van der Waals surface area contributed by atoms with E-state index in [2.05, 4.69) is 10.1 Å². The SMILES string of the molecule is Cc1ncnn2c([C@]3(C#N)OC(COC(=O)[C@@H](N)C(C)C)[C@@H](O)[C@H]3O)ccc12. The Hall–Kier alpha value is -2.58. The van der Waals surface area contributed by atoms with E-state index in [0.29, 0.717) is 11.2 Å². The van der Waals surface area contributed by atoms with Crippen LogP contribution in [0.25, 0.3) is 5.52 Å². The number of fused-ring (bicyclic) bond motifs is 1. The number of rotatable bonds is 5. The second-order valence-electron chi connectivity index (χ2n) is 7.20. The lowest BCUT2D eigenvalue weighted by Crippen LogP contribution is -2.41. The highest BCUT2D eigenvalue weighted by atomic mass is 16.6. The standard InChI is InChI=1S/C18H23N5O5/c1-9(2)14(20)17(26)27-6-12-15(24)16(25)18(7-19,28-12)13-5-4-11-10(3)21-8-22-23(11)13/h4-5,8-9,12,14-16,24-25H,6,20H2,1-3H3/t12?,14-,15+,16+,18-/m0/s1. The van der Waals surface area contributed by atoms with Gasteiger partial charge < -0.3 is 25.4 Å². The summed E-state index contributed by atoms with van der Waals surface area (Å²) in [5.74, 6) is -0.771. The fourth-order valence-electron chi connectivity index (χ4n) is 3.19. The minimum Gasteiger partial charge on any atom is -0.462 e. The van der Waals surface area contributed by atoms with Crippen molar-refractivity contribution in [3.8, 4) is 6.07 Å². The Morgan fingerprint density at radius 1 is 1.50 bits per heavy atom. The Morgan fingerprint density at radius 2 is 2.21 bits per heavy atom. The average molecular weight is 389 g/mol. The van der Waals surface area contributed by atoms with E-state index >= 15 is 0 Å². The molecule has 2 aromatic rings. The summed E-state index contributed by atoms with van der Waals surface area (Å²) >= 11 is 0. The van der Waals surface area contributed by atoms with Gasteiger partial charge in [-0.25, -0.2) is 9.50 Å². The molecule has 0 aromatic carbocycles. The number of ether oxygens (including phenoxy) is 2. The molecule has 10 heteroatoms. The van der Waals surface area contributed by atoms with Gasteiger partial charge in [0.2, 0.25) is 5.60 Å². The lowest BCUT2D eigenvalue weighted by molar-refractivity contribution is -0.153. The Bertz CT molecular complexity index is 923. The molecule has 10 nitrogen and oxygen atoms in total. The van der Waals surface area contributed by atoms with Crippen LogP contribution in [0.5, 0.6) is 0 Å². The van der Waals surface area contributed by atoms with Gasteiger partial charge in [0.05, 0.1) is 16.9 Å². The zero-order valence-corrected chi connectivity index (χ0v) is 15.8. The van der Waals surface area contributed by atoms with E-state index in [1.165, 1.54) is 10.8 Å². The number of nitrogens with zero attached hydrogens (tertiary/aromatic N) is 4. The van der Waals surface area contributed by atoms with Crippen LogP contribution >= 0.6 is 0 Å². The van der Waals surface area contributed by atoms with Crippen LogP contribution in [0.3, 0.4) is 0 Å². The van der Waals surface area contributed by atoms with E-state index in [9.17, 15) is 20.3 Å². The van der Waals surface area contributed by atoms with Crippen LogP contribution in [0.1, 0.15) is 25.2 Å². The first-order valence-corrected chi connectivity index (χ1v) is 8.90. The molecule has 1 saturated heterocycles. The summed E-state index contributed by atoms with van der Waals surface area (Å²) in [5.41, 5.74) is 5.41. The molecular formula is C18H23N5O5. The van der Waals surface area contributed by atoms with Gasteiger partial charge >= 0.3 is 5.97 Å². The number of nitrogens with two attached hydrogens (primary N) is 1. The van der Waals surface area contributed by atoms with Gasteiger partial charge in [-0.15, -0.1) is 0 Å². The normalized spacial score (nSPS) is 28.4. The Balaban J connectivity index is 1.88. The van der Waals surface area contributed by atoms with Crippen LogP contribution in [0, 0.1) is 24.2 Å². The Morgan fingerprint density at radius 3 is 2.86 bits per heavy atom. The minimum atomic E-state index is -1.89. The van der Waals surface area contributed by atoms with Crippen molar-refractivity contribution in [3.63, 3.8) is 0 Å². The summed E-state index contributed by atoms with van der Waals surface area (Å²) in [4.78, 5) is 16.1. The highest BCUT2D eigenvalue weighted by molar-refractivity contribution is 5.75. The van der Waals surface area contributed by atoms with E-state index in [0.717, 1.165) is 0 Å². The fourth-order valence-corrected chi connectivity index (χ4v) is 3.19. The van der Waals surface area contributed by atoms with Gasteiger partial charge in [0, 0.05) is 0 Å². The van der Waals surface area contributed by atoms with Gasteiger partial charge in [-0.2, -0.15) is 10.4 Å². The molecule has 28 heavy (non-hydrogen) atoms. The van der Waals surface area contributed by atoms with Crippen LogP contribution in [-0.4, -0.2) is 61.7 Å². The third-order valence-electron chi connectivity index (χ3n) is 5.03. The summed E-state index contributed by atoms with van der Waals surface area (Å²) in [6, 6.07) is 4.41. The molecule has 1 unspecified atom stereocenters. The van der Waals surface area contributed by atoms with Crippen LogP contribution in [0.15, 0.2) is 18.5 Å². The van der Waals surface area contributed by atoms with Gasteiger partial charge in [0.1, 0.15) is 43.4 Å². The number of aliphatic hydroxyl groups excluding tert-OH is 2. The molecule has 150 valence electrons. The van der Waals surface area contributed by atoms with Gasteiger partial charge in [-0.05, 0) is 25.0 Å². The van der Waals surface area contributed by atoms with Crippen LogP contribution in [0.2, 0.25) is 0 Å². The molecule has 5 atom stereocenters. The van der Waals surface area contributed by atoms with Crippen LogP contribution in [-0.2, 0) is 19.9 Å². The second-order valence-corrected chi connectivity index (χ2v) is 7.20. The summed E-state index contributed by atoms with van der Waals surface area (Å²) in [6.07, 6.45) is -2.81. The van der Waals surface area contributed by atoms with Gasteiger partial charge in [0.25, 0.3) is 0 Å². The second kappa shape index (κ2) is 7.44. The summed E-state index contributed by atoms with van der Waals surface area (Å²) in [7, 11) is 0. The number of esters is 1. The molecule has 0 spiro atoms. The predicted molar refractivity (Wildman–Crippen MR) is 95.7 cm³/mol. The maximum absolute atomic E-state index is 12.0. The van der Waals surface area contributed by atoms with E-state index in [1.807, 2.05) is 6.07 Å². The average Bonchev–Trinajstić information content (AvgIpc) is 3.21. The van der Waals surface area contributed by atoms with Crippen LogP contribution in [0.4, 0.5) is 0 Å². The maximum Gasteiger partial charge on any atom is 0.323 e. The topological polar surface area (TPSA) is 156 Å². The number of aliphatic hydroxyl groups is 2. The van der Waals surface area contributed by atoms with E-state index < -0.39 is 35.9 Å². The first-order valence-electron chi connectivity index (χ1n) is 8.90. The first-order chi connectivity index (χ1) is 13.2. The largest absolute Gasteiger partial charge is 0.462 e. The van der Waals surface area contributed by atoms with Gasteiger partial charge in [-0.1, -0.05) is 13.8 Å². The monoisotopic (exact) mass is 389 g/mol. The number of nitriles is 1. The molecule has 1 aliphatic heterocycles. The van der Waals surface area contributed by atoms with Crippen molar-refractivity contribution in [1.29, 1.82) is 5.26 Å². The maximum atomic E-state index is 12.0. The molecule has 0 bridgehead atoms. The van der Waals surface area contributed by atoms with E-state index in [1.54, 1.807) is 32.9 Å². The molecule has 4 N–H and O–H groups in total. The molecule has 1 fully saturated rings. The number of aryl methyl sites for hydroxylation is 1. The number of hydrogen-bond acceptors (Lipinski definition) is 9. The van der Waals surface area contributed by atoms with Crippen molar-refractivity contribution in [2.24, 2.45) is 11.7 Å². The van der Waals surface area contributed by atoms with Gasteiger partial charge in [-0.3, -0.25) is 4.79 Å². The Kier molecular flexibility index (Phi) is 5.36. The highest BCUT2D eigenvalue weighted by Crippen LogP contribution is 2.40. The lowest BCUT2D eigenvalue weighted by atomic mass is 9.92. The molecule has 2 aromatic heterocycles. The van der Waals surface area contributed by atoms with Crippen molar-refractivity contribution in [1.82, 2.24) is 14.6 Å². The number of carbonyl (C=O) groups is 1. The van der Waals surface area contributed by atoms with Crippen molar-refractivity contribution >= 4 is 11.5 Å². The summed E-state index contributed by atoms with van der Waals surface area (Å²) in [6.45, 7) is 4.98. The quantitative estimate of drug-likeness (QED) is 0.568. The molecule has 3 heterocycles. The predicted octanol–water partition coefficient (Wildman–Crippen LogP) is -0.596. The zero-order chi connectivity index (χ0) is 20.6. The molecule has 3 rings (SSSR count). The molecule has 0 aliphatic carbocycles. The third-order valence-corrected chi connectivity index (χ3v) is 5.03. The molecule has 0 amide bonds. The van der Waals surface area contributed by atoms with E-state index in [4.69, 9.17) is 15.2 Å². The van der Waals surface area contributed by atoms with Crippen molar-refractivity contribution in [3.05, 3.63) is 29.8 Å². The minimum absolute atomic E-state index is 0.124. The molecular weight excluding hydrogens is 366 g/mol. The molecule has 0 saturated carbocycles. The highest BCUT2D eigenvalue weighted by Gasteiger charge is 2.57. The van der Waals surface area contributed by atoms with E-state index in [-0.39, 0.29) is 18.2 Å². The third kappa shape index (κ3) is 3.12. The molecule has 1 aliphatic rings. The summed E-state index contributed by atoms with van der Waals surface area (Å²) < 4.78 is 12.3. The van der Waals surface area contributed by atoms with Gasteiger partial charge in [0.15, 0.2) is 0 Å². The number of carbonyl (C=O) groups excluding carboxylic acids is 1. The first kappa shape index (κ1) is 20.2.